The molecule has 0 aliphatic rings. The Bertz CT molecular complexity index is 843. The molecule has 0 aliphatic carbocycles. The third-order valence-corrected chi connectivity index (χ3v) is 3.96. The van der Waals surface area contributed by atoms with Crippen molar-refractivity contribution in [2.75, 3.05) is 11.9 Å². The first-order valence-electron chi connectivity index (χ1n) is 9.87. The van der Waals surface area contributed by atoms with Gasteiger partial charge in [-0.1, -0.05) is 42.5 Å². The Balaban J connectivity index is 1.68. The van der Waals surface area contributed by atoms with E-state index in [-0.39, 0.29) is 24.8 Å². The molecule has 0 aromatic heterocycles. The molecule has 0 bridgehead atoms. The van der Waals surface area contributed by atoms with Crippen LogP contribution in [-0.2, 0) is 27.3 Å². The van der Waals surface area contributed by atoms with Gasteiger partial charge in [-0.3, -0.25) is 9.59 Å². The van der Waals surface area contributed by atoms with Crippen molar-refractivity contribution >= 4 is 23.6 Å². The maximum absolute atomic E-state index is 12.1. The molecule has 0 atom stereocenters. The predicted octanol–water partition coefficient (Wildman–Crippen LogP) is 3.40. The highest BCUT2D eigenvalue weighted by Gasteiger charge is 2.15. The van der Waals surface area contributed by atoms with Gasteiger partial charge in [0, 0.05) is 25.2 Å². The van der Waals surface area contributed by atoms with Gasteiger partial charge >= 0.3 is 6.09 Å². The van der Waals surface area contributed by atoms with Gasteiger partial charge in [-0.15, -0.1) is 0 Å². The molecule has 0 fully saturated rings. The molecule has 3 N–H and O–H groups in total. The van der Waals surface area contributed by atoms with Gasteiger partial charge in [-0.2, -0.15) is 0 Å². The maximum atomic E-state index is 12.1. The minimum Gasteiger partial charge on any atom is -0.444 e. The second kappa shape index (κ2) is 11.0. The summed E-state index contributed by atoms with van der Waals surface area (Å²) in [6.45, 7) is 5.90. The number of amides is 3. The lowest BCUT2D eigenvalue weighted by atomic mass is 10.1. The Morgan fingerprint density at radius 2 is 1.50 bits per heavy atom. The molecule has 160 valence electrons. The standard InChI is InChI=1S/C23H29N3O4/c1-23(2,3)30-22(29)24-14-13-20(27)25-16-18-9-11-19(12-10-18)26-21(28)15-17-7-5-4-6-8-17/h4-12H,13-16H2,1-3H3,(H,24,29)(H,25,27)(H,26,28). The zero-order chi connectivity index (χ0) is 22.0. The largest absolute Gasteiger partial charge is 0.444 e. The number of hydrogen-bond donors (Lipinski definition) is 3. The molecule has 0 spiro atoms. The van der Waals surface area contributed by atoms with E-state index in [9.17, 15) is 14.4 Å². The summed E-state index contributed by atoms with van der Waals surface area (Å²) in [4.78, 5) is 35.5. The number of alkyl carbamates (subject to hydrolysis) is 1. The van der Waals surface area contributed by atoms with E-state index in [1.54, 1.807) is 32.9 Å². The molecule has 7 nitrogen and oxygen atoms in total. The molecule has 0 saturated heterocycles. The van der Waals surface area contributed by atoms with Crippen molar-refractivity contribution in [3.63, 3.8) is 0 Å². The summed E-state index contributed by atoms with van der Waals surface area (Å²) in [6, 6.07) is 16.8. The fourth-order valence-electron chi connectivity index (χ4n) is 2.57. The second-order valence-electron chi connectivity index (χ2n) is 7.86. The second-order valence-corrected chi connectivity index (χ2v) is 7.86. The zero-order valence-electron chi connectivity index (χ0n) is 17.7. The first-order chi connectivity index (χ1) is 14.2. The molecule has 30 heavy (non-hydrogen) atoms. The first-order valence-corrected chi connectivity index (χ1v) is 9.87. The third kappa shape index (κ3) is 9.23. The van der Waals surface area contributed by atoms with Crippen LogP contribution in [-0.4, -0.2) is 30.1 Å². The van der Waals surface area contributed by atoms with E-state index < -0.39 is 11.7 Å². The molecule has 0 saturated carbocycles. The lowest BCUT2D eigenvalue weighted by molar-refractivity contribution is -0.121. The number of anilines is 1. The fourth-order valence-corrected chi connectivity index (χ4v) is 2.57. The number of carbonyl (C=O) groups is 3. The number of nitrogens with one attached hydrogen (secondary N) is 3. The van der Waals surface area contributed by atoms with Gasteiger partial charge in [-0.05, 0) is 44.0 Å². The lowest BCUT2D eigenvalue weighted by Crippen LogP contribution is -2.35. The van der Waals surface area contributed by atoms with Crippen LogP contribution in [0.1, 0.15) is 38.3 Å². The summed E-state index contributed by atoms with van der Waals surface area (Å²) in [5.74, 6) is -0.258. The van der Waals surface area contributed by atoms with E-state index in [1.807, 2.05) is 42.5 Å². The van der Waals surface area contributed by atoms with Crippen molar-refractivity contribution in [1.29, 1.82) is 0 Å². The molecule has 0 unspecified atom stereocenters. The smallest absolute Gasteiger partial charge is 0.407 e. The van der Waals surface area contributed by atoms with Crippen LogP contribution in [0.5, 0.6) is 0 Å². The predicted molar refractivity (Wildman–Crippen MR) is 116 cm³/mol. The average Bonchev–Trinajstić information content (AvgIpc) is 2.67. The van der Waals surface area contributed by atoms with Crippen molar-refractivity contribution in [3.05, 3.63) is 65.7 Å². The normalized spacial score (nSPS) is 10.8. The number of rotatable bonds is 8. The fraction of sp³-hybridized carbons (Fsp3) is 0.348. The maximum Gasteiger partial charge on any atom is 0.407 e. The van der Waals surface area contributed by atoms with Crippen molar-refractivity contribution in [2.24, 2.45) is 0 Å². The molecule has 2 rings (SSSR count). The summed E-state index contributed by atoms with van der Waals surface area (Å²) in [7, 11) is 0. The van der Waals surface area contributed by atoms with E-state index in [0.717, 1.165) is 11.1 Å². The van der Waals surface area contributed by atoms with Crippen molar-refractivity contribution < 1.29 is 19.1 Å². The highest BCUT2D eigenvalue weighted by Crippen LogP contribution is 2.11. The van der Waals surface area contributed by atoms with Gasteiger partial charge in [0.2, 0.25) is 11.8 Å². The Kier molecular flexibility index (Phi) is 8.41. The summed E-state index contributed by atoms with van der Waals surface area (Å²) in [6.07, 6.45) is -0.0664. The number of ether oxygens (including phenoxy) is 1. The molecule has 0 heterocycles. The van der Waals surface area contributed by atoms with Crippen LogP contribution < -0.4 is 16.0 Å². The third-order valence-electron chi connectivity index (χ3n) is 3.96. The SMILES string of the molecule is CC(C)(C)OC(=O)NCCC(=O)NCc1ccc(NC(=O)Cc2ccccc2)cc1. The minimum absolute atomic E-state index is 0.0836. The summed E-state index contributed by atoms with van der Waals surface area (Å²) >= 11 is 0. The van der Waals surface area contributed by atoms with Crippen molar-refractivity contribution in [1.82, 2.24) is 10.6 Å². The van der Waals surface area contributed by atoms with E-state index >= 15 is 0 Å². The van der Waals surface area contributed by atoms with Crippen LogP contribution in [0.3, 0.4) is 0 Å². The first kappa shape index (κ1) is 22.9. The van der Waals surface area contributed by atoms with E-state index in [0.29, 0.717) is 18.7 Å². The van der Waals surface area contributed by atoms with E-state index in [4.69, 9.17) is 4.74 Å². The van der Waals surface area contributed by atoms with Gasteiger partial charge in [0.1, 0.15) is 5.60 Å². The van der Waals surface area contributed by atoms with Gasteiger partial charge < -0.3 is 20.7 Å². The van der Waals surface area contributed by atoms with Crippen molar-refractivity contribution in [3.8, 4) is 0 Å². The molecular weight excluding hydrogens is 382 g/mol. The average molecular weight is 412 g/mol. The Morgan fingerprint density at radius 1 is 0.833 bits per heavy atom. The van der Waals surface area contributed by atoms with E-state index in [1.165, 1.54) is 0 Å². The molecule has 3 amide bonds. The van der Waals surface area contributed by atoms with Crippen LogP contribution >= 0.6 is 0 Å². The Labute approximate surface area is 177 Å². The van der Waals surface area contributed by atoms with Crippen LogP contribution in [0.15, 0.2) is 54.6 Å². The summed E-state index contributed by atoms with van der Waals surface area (Å²) in [5.41, 5.74) is 1.99. The minimum atomic E-state index is -0.570. The van der Waals surface area contributed by atoms with Crippen LogP contribution in [0.25, 0.3) is 0 Å². The highest BCUT2D eigenvalue weighted by molar-refractivity contribution is 5.92. The highest BCUT2D eigenvalue weighted by atomic mass is 16.6. The number of hydrogen-bond acceptors (Lipinski definition) is 4. The monoisotopic (exact) mass is 411 g/mol. The molecule has 2 aromatic rings. The van der Waals surface area contributed by atoms with Crippen LogP contribution in [0.4, 0.5) is 10.5 Å². The van der Waals surface area contributed by atoms with Gasteiger partial charge in [0.15, 0.2) is 0 Å². The zero-order valence-corrected chi connectivity index (χ0v) is 17.7. The summed E-state index contributed by atoms with van der Waals surface area (Å²) < 4.78 is 5.11. The Morgan fingerprint density at radius 3 is 2.13 bits per heavy atom. The molecule has 7 heteroatoms. The summed E-state index contributed by atoms with van der Waals surface area (Å²) in [5, 5.41) is 8.20. The number of carbonyl (C=O) groups excluding carboxylic acids is 3. The molecule has 0 radical (unpaired) electrons. The number of benzene rings is 2. The molecule has 2 aromatic carbocycles. The van der Waals surface area contributed by atoms with Gasteiger partial charge in [0.25, 0.3) is 0 Å². The van der Waals surface area contributed by atoms with Gasteiger partial charge in [-0.25, -0.2) is 4.79 Å². The molecular formula is C23H29N3O4. The van der Waals surface area contributed by atoms with Crippen LogP contribution in [0.2, 0.25) is 0 Å². The van der Waals surface area contributed by atoms with E-state index in [2.05, 4.69) is 16.0 Å². The Hall–Kier alpha value is -3.35. The van der Waals surface area contributed by atoms with Crippen LogP contribution in [0, 0.1) is 0 Å². The quantitative estimate of drug-likeness (QED) is 0.620. The molecule has 0 aliphatic heterocycles. The topological polar surface area (TPSA) is 96.5 Å². The van der Waals surface area contributed by atoms with Gasteiger partial charge in [0.05, 0.1) is 6.42 Å². The van der Waals surface area contributed by atoms with Crippen molar-refractivity contribution in [2.45, 2.75) is 45.8 Å². The lowest BCUT2D eigenvalue weighted by Gasteiger charge is -2.19.